The van der Waals surface area contributed by atoms with E-state index in [-0.39, 0.29) is 0 Å². The van der Waals surface area contributed by atoms with Crippen molar-refractivity contribution in [3.05, 3.63) is 59.9 Å². The molecular formula is C16H20N2. The van der Waals surface area contributed by atoms with Crippen LogP contribution in [0, 0.1) is 0 Å². The molecule has 2 heteroatoms. The summed E-state index contributed by atoms with van der Waals surface area (Å²) in [4.78, 5) is 4.31. The lowest BCUT2D eigenvalue weighted by Crippen LogP contribution is -2.05. The van der Waals surface area contributed by atoms with Gasteiger partial charge in [0.1, 0.15) is 0 Å². The molecule has 18 heavy (non-hydrogen) atoms. The Kier molecular flexibility index (Phi) is 4.77. The second kappa shape index (κ2) is 6.80. The van der Waals surface area contributed by atoms with Crippen LogP contribution in [0.2, 0.25) is 0 Å². The van der Waals surface area contributed by atoms with Crippen molar-refractivity contribution in [2.45, 2.75) is 26.2 Å². The normalized spacial score (nSPS) is 10.3. The van der Waals surface area contributed by atoms with Crippen LogP contribution in [0.5, 0.6) is 0 Å². The van der Waals surface area contributed by atoms with Gasteiger partial charge in [0.05, 0.1) is 0 Å². The minimum Gasteiger partial charge on any atom is -0.385 e. The van der Waals surface area contributed by atoms with Crippen molar-refractivity contribution < 1.29 is 0 Å². The van der Waals surface area contributed by atoms with E-state index in [1.54, 1.807) is 0 Å². The topological polar surface area (TPSA) is 24.9 Å². The van der Waals surface area contributed by atoms with Crippen LogP contribution in [0.1, 0.15) is 24.6 Å². The smallest absolute Gasteiger partial charge is 0.0421 e. The number of aromatic nitrogens is 1. The summed E-state index contributed by atoms with van der Waals surface area (Å²) in [5.41, 5.74) is 3.73. The van der Waals surface area contributed by atoms with E-state index in [0.717, 1.165) is 25.1 Å². The summed E-state index contributed by atoms with van der Waals surface area (Å²) in [6, 6.07) is 14.8. The van der Waals surface area contributed by atoms with E-state index >= 15 is 0 Å². The molecule has 1 N–H and O–H groups in total. The Hall–Kier alpha value is -1.83. The van der Waals surface area contributed by atoms with Gasteiger partial charge < -0.3 is 5.32 Å². The molecule has 1 heterocycles. The average molecular weight is 240 g/mol. The SMILES string of the molecule is CCCc1ccc(NCCc2ccccn2)cc1. The van der Waals surface area contributed by atoms with Gasteiger partial charge in [0.2, 0.25) is 0 Å². The minimum atomic E-state index is 0.921. The molecule has 0 bridgehead atoms. The highest BCUT2D eigenvalue weighted by Crippen LogP contribution is 2.11. The maximum absolute atomic E-state index is 4.31. The number of hydrogen-bond acceptors (Lipinski definition) is 2. The Morgan fingerprint density at radius 3 is 2.50 bits per heavy atom. The molecule has 0 saturated heterocycles. The zero-order chi connectivity index (χ0) is 12.6. The first-order valence-corrected chi connectivity index (χ1v) is 6.61. The maximum Gasteiger partial charge on any atom is 0.0421 e. The predicted molar refractivity (Wildman–Crippen MR) is 76.9 cm³/mol. The fraction of sp³-hybridized carbons (Fsp3) is 0.312. The quantitative estimate of drug-likeness (QED) is 0.833. The van der Waals surface area contributed by atoms with Crippen molar-refractivity contribution >= 4 is 5.69 Å². The zero-order valence-corrected chi connectivity index (χ0v) is 10.9. The first-order chi connectivity index (χ1) is 8.88. The Labute approximate surface area is 109 Å². The molecule has 0 unspecified atom stereocenters. The number of hydrogen-bond donors (Lipinski definition) is 1. The zero-order valence-electron chi connectivity index (χ0n) is 10.9. The van der Waals surface area contributed by atoms with Crippen molar-refractivity contribution in [2.24, 2.45) is 0 Å². The Morgan fingerprint density at radius 1 is 1.00 bits per heavy atom. The molecule has 0 radical (unpaired) electrons. The molecule has 0 aliphatic heterocycles. The van der Waals surface area contributed by atoms with E-state index in [2.05, 4.69) is 47.6 Å². The first kappa shape index (κ1) is 12.6. The molecule has 0 aliphatic carbocycles. The van der Waals surface area contributed by atoms with Crippen molar-refractivity contribution in [3.8, 4) is 0 Å². The number of nitrogens with zero attached hydrogens (tertiary/aromatic N) is 1. The third kappa shape index (κ3) is 3.88. The molecule has 1 aromatic carbocycles. The highest BCUT2D eigenvalue weighted by atomic mass is 14.9. The Morgan fingerprint density at radius 2 is 1.83 bits per heavy atom. The molecule has 0 atom stereocenters. The van der Waals surface area contributed by atoms with Gasteiger partial charge in [0.25, 0.3) is 0 Å². The number of pyridine rings is 1. The van der Waals surface area contributed by atoms with Gasteiger partial charge in [-0.15, -0.1) is 0 Å². The fourth-order valence-electron chi connectivity index (χ4n) is 1.96. The fourth-order valence-corrected chi connectivity index (χ4v) is 1.96. The highest BCUT2D eigenvalue weighted by molar-refractivity contribution is 5.44. The van der Waals surface area contributed by atoms with E-state index in [4.69, 9.17) is 0 Å². The molecular weight excluding hydrogens is 220 g/mol. The molecule has 2 nitrogen and oxygen atoms in total. The van der Waals surface area contributed by atoms with Gasteiger partial charge in [-0.25, -0.2) is 0 Å². The summed E-state index contributed by atoms with van der Waals surface area (Å²) in [7, 11) is 0. The van der Waals surface area contributed by atoms with Crippen molar-refractivity contribution in [1.82, 2.24) is 4.98 Å². The van der Waals surface area contributed by atoms with Gasteiger partial charge >= 0.3 is 0 Å². The molecule has 0 saturated carbocycles. The average Bonchev–Trinajstić information content (AvgIpc) is 2.42. The lowest BCUT2D eigenvalue weighted by molar-refractivity contribution is 0.921. The highest BCUT2D eigenvalue weighted by Gasteiger charge is 1.95. The van der Waals surface area contributed by atoms with E-state index in [0.29, 0.717) is 0 Å². The lowest BCUT2D eigenvalue weighted by Gasteiger charge is -2.07. The van der Waals surface area contributed by atoms with Gasteiger partial charge in [-0.05, 0) is 36.2 Å². The number of rotatable bonds is 6. The molecule has 2 rings (SSSR count). The van der Waals surface area contributed by atoms with E-state index in [1.165, 1.54) is 17.7 Å². The third-order valence-electron chi connectivity index (χ3n) is 2.93. The van der Waals surface area contributed by atoms with Gasteiger partial charge in [-0.2, -0.15) is 0 Å². The van der Waals surface area contributed by atoms with E-state index in [9.17, 15) is 0 Å². The van der Waals surface area contributed by atoms with Crippen LogP contribution in [0.25, 0.3) is 0 Å². The molecule has 94 valence electrons. The number of nitrogens with one attached hydrogen (secondary N) is 1. The van der Waals surface area contributed by atoms with Crippen molar-refractivity contribution in [2.75, 3.05) is 11.9 Å². The Balaban J connectivity index is 1.80. The summed E-state index contributed by atoms with van der Waals surface area (Å²) in [5, 5.41) is 3.42. The van der Waals surface area contributed by atoms with Crippen LogP contribution in [-0.2, 0) is 12.8 Å². The number of aryl methyl sites for hydroxylation is 1. The molecule has 0 fully saturated rings. The van der Waals surface area contributed by atoms with Crippen LogP contribution in [-0.4, -0.2) is 11.5 Å². The molecule has 0 aliphatic rings. The standard InChI is InChI=1S/C16H20N2/c1-2-5-14-7-9-16(10-8-14)18-13-11-15-6-3-4-12-17-15/h3-4,6-10,12,18H,2,5,11,13H2,1H3. The van der Waals surface area contributed by atoms with Crippen LogP contribution in [0.4, 0.5) is 5.69 Å². The lowest BCUT2D eigenvalue weighted by atomic mass is 10.1. The minimum absolute atomic E-state index is 0.921. The van der Waals surface area contributed by atoms with Crippen molar-refractivity contribution in [3.63, 3.8) is 0 Å². The molecule has 2 aromatic rings. The van der Waals surface area contributed by atoms with Crippen LogP contribution >= 0.6 is 0 Å². The Bertz CT molecular complexity index is 448. The third-order valence-corrected chi connectivity index (χ3v) is 2.93. The molecule has 0 amide bonds. The summed E-state index contributed by atoms with van der Waals surface area (Å²) in [5.74, 6) is 0. The molecule has 1 aromatic heterocycles. The molecule has 0 spiro atoms. The van der Waals surface area contributed by atoms with Gasteiger partial charge in [0, 0.05) is 30.5 Å². The van der Waals surface area contributed by atoms with Gasteiger partial charge in [-0.3, -0.25) is 4.98 Å². The number of anilines is 1. The maximum atomic E-state index is 4.31. The largest absolute Gasteiger partial charge is 0.385 e. The summed E-state index contributed by atoms with van der Waals surface area (Å²) in [6.07, 6.45) is 5.16. The monoisotopic (exact) mass is 240 g/mol. The van der Waals surface area contributed by atoms with Gasteiger partial charge in [0.15, 0.2) is 0 Å². The van der Waals surface area contributed by atoms with Gasteiger partial charge in [-0.1, -0.05) is 31.5 Å². The van der Waals surface area contributed by atoms with Crippen LogP contribution in [0.15, 0.2) is 48.7 Å². The second-order valence-corrected chi connectivity index (χ2v) is 4.44. The summed E-state index contributed by atoms with van der Waals surface area (Å²) in [6.45, 7) is 3.13. The van der Waals surface area contributed by atoms with E-state index < -0.39 is 0 Å². The number of benzene rings is 1. The summed E-state index contributed by atoms with van der Waals surface area (Å²) < 4.78 is 0. The second-order valence-electron chi connectivity index (χ2n) is 4.44. The summed E-state index contributed by atoms with van der Waals surface area (Å²) >= 11 is 0. The predicted octanol–water partition coefficient (Wildman–Crippen LogP) is 3.69. The van der Waals surface area contributed by atoms with Crippen LogP contribution in [0.3, 0.4) is 0 Å². The van der Waals surface area contributed by atoms with E-state index in [1.807, 2.05) is 18.3 Å². The first-order valence-electron chi connectivity index (χ1n) is 6.61. The van der Waals surface area contributed by atoms with Crippen LogP contribution < -0.4 is 5.32 Å². The van der Waals surface area contributed by atoms with Crippen molar-refractivity contribution in [1.29, 1.82) is 0 Å².